The van der Waals surface area contributed by atoms with Crippen molar-refractivity contribution in [2.24, 2.45) is 5.92 Å². The summed E-state index contributed by atoms with van der Waals surface area (Å²) in [4.78, 5) is 13.5. The first-order chi connectivity index (χ1) is 8.59. The van der Waals surface area contributed by atoms with Gasteiger partial charge in [0.2, 0.25) is 5.91 Å². The molecule has 2 rings (SSSR count). The highest BCUT2D eigenvalue weighted by Crippen LogP contribution is 2.28. The van der Waals surface area contributed by atoms with Gasteiger partial charge in [0.1, 0.15) is 6.61 Å². The fraction of sp³-hybridized carbons (Fsp3) is 0.923. The lowest BCUT2D eigenvalue weighted by atomic mass is 10.0. The summed E-state index contributed by atoms with van der Waals surface area (Å²) in [5.41, 5.74) is -0.154. The molecule has 0 atom stereocenters. The van der Waals surface area contributed by atoms with Crippen LogP contribution in [0.3, 0.4) is 0 Å². The van der Waals surface area contributed by atoms with Crippen LogP contribution in [0.2, 0.25) is 0 Å². The monoisotopic (exact) mass is 256 g/mol. The fourth-order valence-corrected chi connectivity index (χ4v) is 1.79. The number of amides is 1. The minimum atomic E-state index is -0.154. The second-order valence-electron chi connectivity index (χ2n) is 5.68. The van der Waals surface area contributed by atoms with Crippen molar-refractivity contribution in [2.45, 2.75) is 25.4 Å². The van der Waals surface area contributed by atoms with Crippen molar-refractivity contribution in [3.05, 3.63) is 0 Å². The summed E-state index contributed by atoms with van der Waals surface area (Å²) in [6.07, 6.45) is 2.60. The van der Waals surface area contributed by atoms with Crippen molar-refractivity contribution in [3.63, 3.8) is 0 Å². The molecule has 1 N–H and O–H groups in total. The lowest BCUT2D eigenvalue weighted by Gasteiger charge is -2.39. The normalized spacial score (nSPS) is 21.4. The molecule has 1 heterocycles. The van der Waals surface area contributed by atoms with E-state index in [1.807, 2.05) is 6.92 Å². The standard InChI is InChI=1S/C13H24N2O3/c1-13(9-14-10-13)18-8-12(16)15(2)5-6-17-7-11-3-4-11/h11,14H,3-10H2,1-2H3. The molecule has 0 aromatic heterocycles. The molecule has 1 amide bonds. The number of nitrogens with zero attached hydrogens (tertiary/aromatic N) is 1. The molecule has 1 saturated carbocycles. The molecule has 1 aliphatic carbocycles. The van der Waals surface area contributed by atoms with Crippen LogP contribution in [0.15, 0.2) is 0 Å². The van der Waals surface area contributed by atoms with Gasteiger partial charge in [-0.15, -0.1) is 0 Å². The predicted octanol–water partition coefficient (Wildman–Crippen LogP) is 0.250. The molecular weight excluding hydrogens is 232 g/mol. The first-order valence-electron chi connectivity index (χ1n) is 6.75. The summed E-state index contributed by atoms with van der Waals surface area (Å²) in [5, 5.41) is 3.14. The molecule has 0 aromatic rings. The van der Waals surface area contributed by atoms with Gasteiger partial charge in [0.15, 0.2) is 0 Å². The summed E-state index contributed by atoms with van der Waals surface area (Å²) in [6.45, 7) is 5.96. The summed E-state index contributed by atoms with van der Waals surface area (Å²) in [7, 11) is 1.80. The number of carbonyl (C=O) groups excluding carboxylic acids is 1. The topological polar surface area (TPSA) is 50.8 Å². The minimum Gasteiger partial charge on any atom is -0.379 e. The Balaban J connectivity index is 1.52. The van der Waals surface area contributed by atoms with Crippen LogP contribution in [0.25, 0.3) is 0 Å². The second kappa shape index (κ2) is 5.99. The van der Waals surface area contributed by atoms with Crippen LogP contribution in [0.1, 0.15) is 19.8 Å². The lowest BCUT2D eigenvalue weighted by Crippen LogP contribution is -2.59. The zero-order valence-electron chi connectivity index (χ0n) is 11.4. The Bertz CT molecular complexity index is 288. The van der Waals surface area contributed by atoms with Crippen molar-refractivity contribution >= 4 is 5.91 Å². The number of hydrogen-bond acceptors (Lipinski definition) is 4. The minimum absolute atomic E-state index is 0.0261. The van der Waals surface area contributed by atoms with E-state index < -0.39 is 0 Å². The average Bonchev–Trinajstić information content (AvgIpc) is 3.12. The van der Waals surface area contributed by atoms with Gasteiger partial charge in [-0.05, 0) is 25.7 Å². The molecule has 0 bridgehead atoms. The van der Waals surface area contributed by atoms with E-state index >= 15 is 0 Å². The van der Waals surface area contributed by atoms with Crippen LogP contribution >= 0.6 is 0 Å². The van der Waals surface area contributed by atoms with Crippen LogP contribution in [0.5, 0.6) is 0 Å². The van der Waals surface area contributed by atoms with Gasteiger partial charge < -0.3 is 19.7 Å². The van der Waals surface area contributed by atoms with Crippen LogP contribution in [0, 0.1) is 5.92 Å². The summed E-state index contributed by atoms with van der Waals surface area (Å²) in [5.74, 6) is 0.804. The maximum absolute atomic E-state index is 11.8. The van der Waals surface area contributed by atoms with Crippen LogP contribution in [0.4, 0.5) is 0 Å². The van der Waals surface area contributed by atoms with E-state index in [9.17, 15) is 4.79 Å². The van der Waals surface area contributed by atoms with Gasteiger partial charge in [0.25, 0.3) is 0 Å². The van der Waals surface area contributed by atoms with E-state index in [4.69, 9.17) is 9.47 Å². The third-order valence-corrected chi connectivity index (χ3v) is 3.59. The Labute approximate surface area is 109 Å². The third kappa shape index (κ3) is 4.23. The molecule has 5 heteroatoms. The summed E-state index contributed by atoms with van der Waals surface area (Å²) < 4.78 is 11.1. The van der Waals surface area contributed by atoms with Gasteiger partial charge in [-0.2, -0.15) is 0 Å². The van der Waals surface area contributed by atoms with E-state index in [0.717, 1.165) is 25.6 Å². The third-order valence-electron chi connectivity index (χ3n) is 3.59. The van der Waals surface area contributed by atoms with Gasteiger partial charge in [0.05, 0.1) is 12.2 Å². The van der Waals surface area contributed by atoms with Crippen molar-refractivity contribution in [1.29, 1.82) is 0 Å². The van der Waals surface area contributed by atoms with Crippen LogP contribution in [-0.2, 0) is 14.3 Å². The van der Waals surface area contributed by atoms with Gasteiger partial charge >= 0.3 is 0 Å². The lowest BCUT2D eigenvalue weighted by molar-refractivity contribution is -0.145. The van der Waals surface area contributed by atoms with E-state index in [0.29, 0.717) is 13.2 Å². The quantitative estimate of drug-likeness (QED) is 0.633. The summed E-state index contributed by atoms with van der Waals surface area (Å²) in [6, 6.07) is 0. The highest BCUT2D eigenvalue weighted by molar-refractivity contribution is 5.77. The predicted molar refractivity (Wildman–Crippen MR) is 68.4 cm³/mol. The molecule has 0 radical (unpaired) electrons. The molecule has 5 nitrogen and oxygen atoms in total. The molecule has 18 heavy (non-hydrogen) atoms. The molecular formula is C13H24N2O3. The number of nitrogens with one attached hydrogen (secondary N) is 1. The maximum Gasteiger partial charge on any atom is 0.248 e. The number of carbonyl (C=O) groups is 1. The van der Waals surface area contributed by atoms with Crippen LogP contribution < -0.4 is 5.32 Å². The molecule has 1 saturated heterocycles. The Hall–Kier alpha value is -0.650. The smallest absolute Gasteiger partial charge is 0.248 e. The van der Waals surface area contributed by atoms with Crippen molar-refractivity contribution in [2.75, 3.05) is 46.5 Å². The second-order valence-corrected chi connectivity index (χ2v) is 5.68. The van der Waals surface area contributed by atoms with E-state index in [2.05, 4.69) is 5.32 Å². The Kier molecular flexibility index (Phi) is 4.59. The van der Waals surface area contributed by atoms with Gasteiger partial charge in [-0.25, -0.2) is 0 Å². The van der Waals surface area contributed by atoms with Gasteiger partial charge in [0, 0.05) is 33.3 Å². The molecule has 0 aromatic carbocycles. The fourth-order valence-electron chi connectivity index (χ4n) is 1.79. The van der Waals surface area contributed by atoms with E-state index in [1.165, 1.54) is 12.8 Å². The molecule has 1 aliphatic heterocycles. The molecule has 0 unspecified atom stereocenters. The van der Waals surface area contributed by atoms with Crippen molar-refractivity contribution in [3.8, 4) is 0 Å². The van der Waals surface area contributed by atoms with Gasteiger partial charge in [-0.3, -0.25) is 4.79 Å². The van der Waals surface area contributed by atoms with E-state index in [-0.39, 0.29) is 18.1 Å². The maximum atomic E-state index is 11.8. The number of rotatable bonds is 8. The Morgan fingerprint density at radius 3 is 2.72 bits per heavy atom. The SMILES string of the molecule is CN(CCOCC1CC1)C(=O)COC1(C)CNC1. The number of likely N-dealkylation sites (N-methyl/N-ethyl adjacent to an activating group) is 1. The highest BCUT2D eigenvalue weighted by Gasteiger charge is 2.33. The first kappa shape index (κ1) is 13.8. The molecule has 0 spiro atoms. The molecule has 2 aliphatic rings. The van der Waals surface area contributed by atoms with Gasteiger partial charge in [-0.1, -0.05) is 0 Å². The largest absolute Gasteiger partial charge is 0.379 e. The van der Waals surface area contributed by atoms with Crippen LogP contribution in [-0.4, -0.2) is 62.9 Å². The summed E-state index contributed by atoms with van der Waals surface area (Å²) >= 11 is 0. The molecule has 104 valence electrons. The van der Waals surface area contributed by atoms with Crippen molar-refractivity contribution < 1.29 is 14.3 Å². The first-order valence-corrected chi connectivity index (χ1v) is 6.75. The Morgan fingerprint density at radius 2 is 2.17 bits per heavy atom. The average molecular weight is 256 g/mol. The molecule has 2 fully saturated rings. The van der Waals surface area contributed by atoms with E-state index in [1.54, 1.807) is 11.9 Å². The zero-order valence-corrected chi connectivity index (χ0v) is 11.4. The number of hydrogen-bond donors (Lipinski definition) is 1. The highest BCUT2D eigenvalue weighted by atomic mass is 16.5. The zero-order chi connectivity index (χ0) is 13.0. The van der Waals surface area contributed by atoms with Crippen molar-refractivity contribution in [1.82, 2.24) is 10.2 Å². The Morgan fingerprint density at radius 1 is 1.44 bits per heavy atom. The number of ether oxygens (including phenoxy) is 2.